The quantitative estimate of drug-likeness (QED) is 0.422. The summed E-state index contributed by atoms with van der Waals surface area (Å²) in [6.45, 7) is 2.24. The van der Waals surface area contributed by atoms with Crippen molar-refractivity contribution in [3.05, 3.63) is 89.1 Å². The lowest BCUT2D eigenvalue weighted by Crippen LogP contribution is -2.31. The van der Waals surface area contributed by atoms with Crippen molar-refractivity contribution in [2.75, 3.05) is 28.4 Å². The van der Waals surface area contributed by atoms with E-state index in [9.17, 15) is 0 Å². The van der Waals surface area contributed by atoms with Crippen molar-refractivity contribution in [3.63, 3.8) is 0 Å². The molecule has 0 saturated carbocycles. The van der Waals surface area contributed by atoms with Gasteiger partial charge in [-0.15, -0.1) is 0 Å². The van der Waals surface area contributed by atoms with Gasteiger partial charge in [0.15, 0.2) is 23.0 Å². The zero-order chi connectivity index (χ0) is 23.4. The summed E-state index contributed by atoms with van der Waals surface area (Å²) < 4.78 is 22.2. The topological polar surface area (TPSA) is 40.2 Å². The molecule has 0 spiro atoms. The Balaban J connectivity index is 1.78. The molecule has 0 aromatic heterocycles. The Hall–Kier alpha value is -3.60. The van der Waals surface area contributed by atoms with E-state index < -0.39 is 0 Å². The van der Waals surface area contributed by atoms with Crippen molar-refractivity contribution in [2.45, 2.75) is 25.4 Å². The van der Waals surface area contributed by atoms with Gasteiger partial charge in [0.2, 0.25) is 0 Å². The van der Waals surface area contributed by atoms with Crippen LogP contribution in [0, 0.1) is 0 Å². The van der Waals surface area contributed by atoms with Crippen LogP contribution in [0.5, 0.6) is 23.0 Å². The summed E-state index contributed by atoms with van der Waals surface area (Å²) in [7, 11) is 6.67. The van der Waals surface area contributed by atoms with Gasteiger partial charge in [-0.2, -0.15) is 0 Å². The molecule has 1 heterocycles. The Bertz CT molecular complexity index is 1130. The van der Waals surface area contributed by atoms with E-state index in [0.29, 0.717) is 0 Å². The van der Waals surface area contributed by atoms with E-state index >= 15 is 0 Å². The summed E-state index contributed by atoms with van der Waals surface area (Å²) in [4.78, 5) is 2.42. The SMILES string of the molecule is COc1ccc(C[C@H]2c3cc(OC)c(OC)cc3C=CN2[C@H](C)c2ccccc2)cc1OC. The first-order valence-electron chi connectivity index (χ1n) is 11.1. The van der Waals surface area contributed by atoms with Crippen LogP contribution >= 0.6 is 0 Å². The molecule has 3 aromatic rings. The number of fused-ring (bicyclic) bond motifs is 1. The molecule has 0 fully saturated rings. The first-order chi connectivity index (χ1) is 16.1. The van der Waals surface area contributed by atoms with E-state index in [0.717, 1.165) is 35.0 Å². The van der Waals surface area contributed by atoms with Crippen LogP contribution in [-0.4, -0.2) is 33.3 Å². The van der Waals surface area contributed by atoms with Gasteiger partial charge in [0.25, 0.3) is 0 Å². The van der Waals surface area contributed by atoms with Crippen molar-refractivity contribution < 1.29 is 18.9 Å². The van der Waals surface area contributed by atoms with Crippen molar-refractivity contribution in [3.8, 4) is 23.0 Å². The number of benzene rings is 3. The van der Waals surface area contributed by atoms with E-state index in [4.69, 9.17) is 18.9 Å². The van der Waals surface area contributed by atoms with Gasteiger partial charge in [0, 0.05) is 6.20 Å². The minimum Gasteiger partial charge on any atom is -0.493 e. The second-order valence-corrected chi connectivity index (χ2v) is 8.09. The molecule has 1 aliphatic heterocycles. The summed E-state index contributed by atoms with van der Waals surface area (Å²) in [5, 5.41) is 0. The number of ether oxygens (including phenoxy) is 4. The molecule has 2 atom stereocenters. The second-order valence-electron chi connectivity index (χ2n) is 8.09. The molecule has 5 heteroatoms. The minimum absolute atomic E-state index is 0.0955. The monoisotopic (exact) mass is 445 g/mol. The van der Waals surface area contributed by atoms with Crippen LogP contribution < -0.4 is 18.9 Å². The van der Waals surface area contributed by atoms with E-state index in [1.54, 1.807) is 28.4 Å². The zero-order valence-electron chi connectivity index (χ0n) is 19.9. The van der Waals surface area contributed by atoms with Crippen molar-refractivity contribution in [2.24, 2.45) is 0 Å². The molecule has 0 unspecified atom stereocenters. The Morgan fingerprint density at radius 2 is 1.39 bits per heavy atom. The van der Waals surface area contributed by atoms with Crippen LogP contribution in [0.1, 0.15) is 41.3 Å². The molecule has 1 aliphatic rings. The van der Waals surface area contributed by atoms with Crippen LogP contribution in [0.2, 0.25) is 0 Å². The van der Waals surface area contributed by atoms with Gasteiger partial charge in [-0.1, -0.05) is 36.4 Å². The van der Waals surface area contributed by atoms with Crippen LogP contribution in [0.4, 0.5) is 0 Å². The number of rotatable bonds is 8. The second kappa shape index (κ2) is 9.90. The third-order valence-corrected chi connectivity index (χ3v) is 6.34. The fourth-order valence-corrected chi connectivity index (χ4v) is 4.52. The molecule has 172 valence electrons. The van der Waals surface area contributed by atoms with Crippen LogP contribution in [-0.2, 0) is 6.42 Å². The molecule has 5 nitrogen and oxygen atoms in total. The third-order valence-electron chi connectivity index (χ3n) is 6.34. The van der Waals surface area contributed by atoms with Crippen LogP contribution in [0.15, 0.2) is 66.9 Å². The van der Waals surface area contributed by atoms with E-state index in [1.807, 2.05) is 6.07 Å². The number of nitrogens with zero attached hydrogens (tertiary/aromatic N) is 1. The van der Waals surface area contributed by atoms with Gasteiger partial charge < -0.3 is 23.8 Å². The Labute approximate surface area is 196 Å². The molecule has 0 radical (unpaired) electrons. The van der Waals surface area contributed by atoms with Crippen molar-refractivity contribution in [1.82, 2.24) is 4.90 Å². The number of hydrogen-bond acceptors (Lipinski definition) is 5. The predicted octanol–water partition coefficient (Wildman–Crippen LogP) is 6.05. The zero-order valence-corrected chi connectivity index (χ0v) is 19.9. The standard InChI is InChI=1S/C28H31NO4/c1-19(21-9-7-6-8-10-21)29-14-13-22-17-27(32-4)28(33-5)18-23(22)24(29)15-20-11-12-25(30-2)26(16-20)31-3/h6-14,16-19,24H,15H2,1-5H3/t19-,24+/m1/s1. The van der Waals surface area contributed by atoms with Crippen LogP contribution in [0.3, 0.4) is 0 Å². The number of hydrogen-bond donors (Lipinski definition) is 0. The lowest BCUT2D eigenvalue weighted by Gasteiger charge is -2.40. The maximum Gasteiger partial charge on any atom is 0.161 e. The first-order valence-corrected chi connectivity index (χ1v) is 11.1. The third kappa shape index (κ3) is 4.49. The fourth-order valence-electron chi connectivity index (χ4n) is 4.52. The summed E-state index contributed by atoms with van der Waals surface area (Å²) in [6, 6.07) is 21.1. The highest BCUT2D eigenvalue weighted by molar-refractivity contribution is 5.63. The summed E-state index contributed by atoms with van der Waals surface area (Å²) in [6.07, 6.45) is 5.14. The van der Waals surface area contributed by atoms with Gasteiger partial charge in [-0.3, -0.25) is 0 Å². The van der Waals surface area contributed by atoms with Crippen molar-refractivity contribution in [1.29, 1.82) is 0 Å². The average molecular weight is 446 g/mol. The lowest BCUT2D eigenvalue weighted by molar-refractivity contribution is 0.214. The Morgan fingerprint density at radius 1 is 0.758 bits per heavy atom. The average Bonchev–Trinajstić information content (AvgIpc) is 2.88. The largest absolute Gasteiger partial charge is 0.493 e. The summed E-state index contributed by atoms with van der Waals surface area (Å²) in [5.74, 6) is 2.93. The van der Waals surface area contributed by atoms with Gasteiger partial charge in [-0.25, -0.2) is 0 Å². The van der Waals surface area contributed by atoms with Crippen LogP contribution in [0.25, 0.3) is 6.08 Å². The molecule has 0 amide bonds. The lowest BCUT2D eigenvalue weighted by atomic mass is 9.89. The molecule has 0 N–H and O–H groups in total. The van der Waals surface area contributed by atoms with E-state index in [-0.39, 0.29) is 12.1 Å². The molecule has 33 heavy (non-hydrogen) atoms. The smallest absolute Gasteiger partial charge is 0.161 e. The molecular formula is C28H31NO4. The first kappa shape index (κ1) is 22.6. The number of methoxy groups -OCH3 is 4. The van der Waals surface area contributed by atoms with Gasteiger partial charge in [0.1, 0.15) is 0 Å². The molecule has 3 aromatic carbocycles. The minimum atomic E-state index is 0.0955. The maximum atomic E-state index is 5.64. The highest BCUT2D eigenvalue weighted by Crippen LogP contribution is 2.43. The molecule has 0 saturated heterocycles. The Kier molecular flexibility index (Phi) is 6.78. The highest BCUT2D eigenvalue weighted by atomic mass is 16.5. The normalized spacial score (nSPS) is 15.5. The van der Waals surface area contributed by atoms with E-state index in [2.05, 4.69) is 78.7 Å². The van der Waals surface area contributed by atoms with Gasteiger partial charge in [-0.05, 0) is 65.9 Å². The molecule has 0 bridgehead atoms. The predicted molar refractivity (Wildman–Crippen MR) is 131 cm³/mol. The van der Waals surface area contributed by atoms with Gasteiger partial charge >= 0.3 is 0 Å². The maximum absolute atomic E-state index is 5.64. The highest BCUT2D eigenvalue weighted by Gasteiger charge is 2.29. The Morgan fingerprint density at radius 3 is 2.06 bits per heavy atom. The summed E-state index contributed by atoms with van der Waals surface area (Å²) >= 11 is 0. The molecule has 0 aliphatic carbocycles. The summed E-state index contributed by atoms with van der Waals surface area (Å²) in [5.41, 5.74) is 4.77. The fraction of sp³-hybridized carbons (Fsp3) is 0.286. The van der Waals surface area contributed by atoms with E-state index in [1.165, 1.54) is 16.7 Å². The molecular weight excluding hydrogens is 414 g/mol. The molecule has 4 rings (SSSR count). The van der Waals surface area contributed by atoms with Crippen molar-refractivity contribution >= 4 is 6.08 Å². The van der Waals surface area contributed by atoms with Gasteiger partial charge in [0.05, 0.1) is 40.5 Å².